The molecule has 144 valence electrons. The number of esters is 1. The molecule has 0 aromatic carbocycles. The zero-order valence-corrected chi connectivity index (χ0v) is 16.6. The molecule has 0 aromatic heterocycles. The fourth-order valence-electron chi connectivity index (χ4n) is 7.72. The summed E-state index contributed by atoms with van der Waals surface area (Å²) in [5.41, 5.74) is -0.412. The number of fused-ring (bicyclic) bond motifs is 5. The average molecular weight is 359 g/mol. The molecule has 4 aliphatic rings. The summed E-state index contributed by atoms with van der Waals surface area (Å²) in [5, 5.41) is 10.7. The van der Waals surface area contributed by atoms with Crippen molar-refractivity contribution >= 4 is 5.97 Å². The van der Waals surface area contributed by atoms with Gasteiger partial charge in [0.15, 0.2) is 0 Å². The van der Waals surface area contributed by atoms with Gasteiger partial charge in [0.2, 0.25) is 0 Å². The standard InChI is InChI=1S/C23H34O3/c1-5-23(25)13-12-21(3)16(14-23)6-7-17-18-8-9-20(26-15(2)24)22(18,4)11-10-19(17)21/h1,16-20,25H,6-14H2,2-4H3/t16-,17-,18-,19+,20-,21-,22-,23-/m0/s1. The van der Waals surface area contributed by atoms with Crippen LogP contribution in [0, 0.1) is 46.8 Å². The molecule has 0 heterocycles. The number of carbonyl (C=O) groups excluding carboxylic acids is 1. The van der Waals surface area contributed by atoms with Gasteiger partial charge in [-0.15, -0.1) is 6.42 Å². The van der Waals surface area contributed by atoms with E-state index in [1.54, 1.807) is 6.92 Å². The molecule has 0 aliphatic heterocycles. The molecule has 3 heteroatoms. The van der Waals surface area contributed by atoms with Gasteiger partial charge in [0.25, 0.3) is 0 Å². The number of hydrogen-bond donors (Lipinski definition) is 1. The van der Waals surface area contributed by atoms with Crippen LogP contribution in [-0.2, 0) is 9.53 Å². The molecular formula is C23H34O3. The van der Waals surface area contributed by atoms with Crippen LogP contribution < -0.4 is 0 Å². The zero-order valence-electron chi connectivity index (χ0n) is 16.6. The molecule has 4 saturated carbocycles. The van der Waals surface area contributed by atoms with E-state index >= 15 is 0 Å². The Morgan fingerprint density at radius 3 is 2.46 bits per heavy atom. The third kappa shape index (κ3) is 2.55. The van der Waals surface area contributed by atoms with Gasteiger partial charge in [-0.3, -0.25) is 4.79 Å². The topological polar surface area (TPSA) is 46.5 Å². The van der Waals surface area contributed by atoms with Crippen LogP contribution in [0.3, 0.4) is 0 Å². The summed E-state index contributed by atoms with van der Waals surface area (Å²) in [5.74, 6) is 5.25. The highest BCUT2D eigenvalue weighted by Gasteiger charge is 2.61. The van der Waals surface area contributed by atoms with Gasteiger partial charge in [0, 0.05) is 12.3 Å². The summed E-state index contributed by atoms with van der Waals surface area (Å²) in [6.45, 7) is 6.40. The molecule has 0 unspecified atom stereocenters. The first-order valence-corrected chi connectivity index (χ1v) is 10.6. The van der Waals surface area contributed by atoms with Crippen LogP contribution in [0.4, 0.5) is 0 Å². The predicted molar refractivity (Wildman–Crippen MR) is 101 cm³/mol. The van der Waals surface area contributed by atoms with Crippen LogP contribution in [0.2, 0.25) is 0 Å². The van der Waals surface area contributed by atoms with E-state index in [2.05, 4.69) is 19.8 Å². The summed E-state index contributed by atoms with van der Waals surface area (Å²) in [6, 6.07) is 0. The van der Waals surface area contributed by atoms with E-state index < -0.39 is 5.60 Å². The first-order valence-electron chi connectivity index (χ1n) is 10.6. The van der Waals surface area contributed by atoms with Gasteiger partial charge in [-0.1, -0.05) is 19.8 Å². The minimum Gasteiger partial charge on any atom is -0.462 e. The van der Waals surface area contributed by atoms with E-state index in [-0.39, 0.29) is 17.5 Å². The van der Waals surface area contributed by atoms with Crippen molar-refractivity contribution in [1.82, 2.24) is 0 Å². The maximum Gasteiger partial charge on any atom is 0.302 e. The van der Waals surface area contributed by atoms with Crippen molar-refractivity contribution in [3.05, 3.63) is 0 Å². The summed E-state index contributed by atoms with van der Waals surface area (Å²) in [7, 11) is 0. The van der Waals surface area contributed by atoms with Crippen LogP contribution in [0.25, 0.3) is 0 Å². The van der Waals surface area contributed by atoms with Crippen molar-refractivity contribution in [2.75, 3.05) is 0 Å². The summed E-state index contributed by atoms with van der Waals surface area (Å²) >= 11 is 0. The van der Waals surface area contributed by atoms with Crippen molar-refractivity contribution in [3.63, 3.8) is 0 Å². The maximum atomic E-state index is 11.6. The fourth-order valence-corrected chi connectivity index (χ4v) is 7.72. The van der Waals surface area contributed by atoms with Gasteiger partial charge < -0.3 is 9.84 Å². The summed E-state index contributed by atoms with van der Waals surface area (Å²) < 4.78 is 5.74. The van der Waals surface area contributed by atoms with Gasteiger partial charge in [-0.25, -0.2) is 0 Å². The molecule has 0 amide bonds. The molecule has 0 spiro atoms. The lowest BCUT2D eigenvalue weighted by Gasteiger charge is -2.61. The number of carbonyl (C=O) groups is 1. The molecule has 3 nitrogen and oxygen atoms in total. The Bertz CT molecular complexity index is 636. The Morgan fingerprint density at radius 1 is 1.04 bits per heavy atom. The molecular weight excluding hydrogens is 324 g/mol. The lowest BCUT2D eigenvalue weighted by Crippen LogP contribution is -2.56. The Morgan fingerprint density at radius 2 is 1.77 bits per heavy atom. The third-order valence-electron chi connectivity index (χ3n) is 9.22. The minimum atomic E-state index is -0.881. The lowest BCUT2D eigenvalue weighted by atomic mass is 9.44. The molecule has 0 radical (unpaired) electrons. The fraction of sp³-hybridized carbons (Fsp3) is 0.870. The van der Waals surface area contributed by atoms with E-state index in [0.717, 1.165) is 37.5 Å². The SMILES string of the molecule is C#C[C@]1(O)CC[C@@]2(C)[C@@H](CC[C@@H]3[C@H]2CC[C@]2(C)[C@@H](OC(C)=O)CC[C@@H]32)C1. The first kappa shape index (κ1) is 18.4. The van der Waals surface area contributed by atoms with Gasteiger partial charge in [0.05, 0.1) is 0 Å². The molecule has 1 N–H and O–H groups in total. The van der Waals surface area contributed by atoms with Crippen LogP contribution in [0.5, 0.6) is 0 Å². The highest BCUT2D eigenvalue weighted by Crippen LogP contribution is 2.67. The number of ether oxygens (including phenoxy) is 1. The summed E-state index contributed by atoms with van der Waals surface area (Å²) in [6.07, 6.45) is 15.4. The normalized spacial score (nSPS) is 53.0. The summed E-state index contributed by atoms with van der Waals surface area (Å²) in [4.78, 5) is 11.6. The van der Waals surface area contributed by atoms with E-state index in [1.165, 1.54) is 32.1 Å². The smallest absolute Gasteiger partial charge is 0.302 e. The van der Waals surface area contributed by atoms with E-state index in [0.29, 0.717) is 17.3 Å². The monoisotopic (exact) mass is 358 g/mol. The Balaban J connectivity index is 1.57. The van der Waals surface area contributed by atoms with Gasteiger partial charge in [-0.2, -0.15) is 0 Å². The van der Waals surface area contributed by atoms with Gasteiger partial charge in [0.1, 0.15) is 11.7 Å². The quantitative estimate of drug-likeness (QED) is 0.561. The van der Waals surface area contributed by atoms with Gasteiger partial charge in [-0.05, 0) is 86.9 Å². The maximum absolute atomic E-state index is 11.6. The van der Waals surface area contributed by atoms with Crippen molar-refractivity contribution in [2.24, 2.45) is 34.5 Å². The molecule has 0 bridgehead atoms. The Hall–Kier alpha value is -1.01. The number of terminal acetylenes is 1. The van der Waals surface area contributed by atoms with Gasteiger partial charge >= 0.3 is 5.97 Å². The second-order valence-corrected chi connectivity index (χ2v) is 10.3. The molecule has 4 fully saturated rings. The van der Waals surface area contributed by atoms with Crippen molar-refractivity contribution in [3.8, 4) is 12.3 Å². The molecule has 8 atom stereocenters. The highest BCUT2D eigenvalue weighted by atomic mass is 16.5. The third-order valence-corrected chi connectivity index (χ3v) is 9.22. The number of rotatable bonds is 1. The number of aliphatic hydroxyl groups is 1. The second-order valence-electron chi connectivity index (χ2n) is 10.3. The van der Waals surface area contributed by atoms with Crippen LogP contribution >= 0.6 is 0 Å². The Labute approximate surface area is 158 Å². The molecule has 4 rings (SSSR count). The average Bonchev–Trinajstić information content (AvgIpc) is 2.92. The van der Waals surface area contributed by atoms with Crippen molar-refractivity contribution in [2.45, 2.75) is 90.3 Å². The van der Waals surface area contributed by atoms with E-state index in [4.69, 9.17) is 11.2 Å². The number of hydrogen-bond acceptors (Lipinski definition) is 3. The lowest BCUT2D eigenvalue weighted by molar-refractivity contribution is -0.165. The zero-order chi connectivity index (χ0) is 18.7. The van der Waals surface area contributed by atoms with E-state index in [1.807, 2.05) is 0 Å². The van der Waals surface area contributed by atoms with Crippen LogP contribution in [-0.4, -0.2) is 22.8 Å². The largest absolute Gasteiger partial charge is 0.462 e. The minimum absolute atomic E-state index is 0.106. The first-order chi connectivity index (χ1) is 12.2. The van der Waals surface area contributed by atoms with Crippen LogP contribution in [0.15, 0.2) is 0 Å². The highest BCUT2D eigenvalue weighted by molar-refractivity contribution is 5.66. The van der Waals surface area contributed by atoms with E-state index in [9.17, 15) is 9.90 Å². The molecule has 4 aliphatic carbocycles. The Kier molecular flexibility index (Phi) is 4.23. The van der Waals surface area contributed by atoms with Crippen LogP contribution in [0.1, 0.15) is 78.6 Å². The van der Waals surface area contributed by atoms with Crippen molar-refractivity contribution < 1.29 is 14.6 Å². The van der Waals surface area contributed by atoms with Crippen molar-refractivity contribution in [1.29, 1.82) is 0 Å². The molecule has 0 aromatic rings. The predicted octanol–water partition coefficient (Wildman–Crippen LogP) is 4.33. The molecule has 26 heavy (non-hydrogen) atoms. The molecule has 0 saturated heterocycles. The second kappa shape index (κ2) is 5.99.